The number of benzene rings is 4. The van der Waals surface area contributed by atoms with Crippen molar-refractivity contribution in [3.05, 3.63) is 144 Å². The van der Waals surface area contributed by atoms with Gasteiger partial charge in [0.1, 0.15) is 17.1 Å². The highest BCUT2D eigenvalue weighted by molar-refractivity contribution is 5.47. The number of para-hydroxylation sites is 1. The van der Waals surface area contributed by atoms with Gasteiger partial charge in [0.05, 0.1) is 7.11 Å². The van der Waals surface area contributed by atoms with Crippen molar-refractivity contribution in [3.8, 4) is 23.3 Å². The second-order valence-electron chi connectivity index (χ2n) is 7.40. The molecule has 0 aliphatic rings. The minimum absolute atomic E-state index is 0.340. The van der Waals surface area contributed by atoms with Gasteiger partial charge < -0.3 is 14.6 Å². The van der Waals surface area contributed by atoms with E-state index in [0.717, 1.165) is 22.4 Å². The maximum Gasteiger partial charge on any atom is 0.177 e. The number of hydrogen-bond donors (Lipinski definition) is 1. The average molecular weight is 433 g/mol. The minimum Gasteiger partial charge on any atom is -0.497 e. The molecule has 0 atom stereocenters. The lowest BCUT2D eigenvalue weighted by atomic mass is 9.85. The largest absolute Gasteiger partial charge is 0.497 e. The van der Waals surface area contributed by atoms with E-state index in [9.17, 15) is 5.11 Å². The van der Waals surface area contributed by atoms with Gasteiger partial charge in [-0.15, -0.1) is 0 Å². The quantitative estimate of drug-likeness (QED) is 0.302. The van der Waals surface area contributed by atoms with Crippen LogP contribution in [-0.2, 0) is 5.60 Å². The molecular weight excluding hydrogens is 408 g/mol. The summed E-state index contributed by atoms with van der Waals surface area (Å²) < 4.78 is 11.3. The lowest BCUT2D eigenvalue weighted by molar-refractivity contribution is 0.131. The minimum atomic E-state index is -1.43. The first-order valence-electron chi connectivity index (χ1n) is 10.6. The molecule has 4 rings (SSSR count). The standard InChI is InChI=1S/C30H24O3/c1-32-27-20-17-24(18-21-27)19-22-29(33-28-15-9-4-10-16-28)23-30(31,25-11-5-2-6-12-25)26-13-7-3-8-14-26/h2-18,20-21,23,31H,1H3/b29-23-. The summed E-state index contributed by atoms with van der Waals surface area (Å²) in [6, 6.07) is 35.9. The van der Waals surface area contributed by atoms with E-state index >= 15 is 0 Å². The summed E-state index contributed by atoms with van der Waals surface area (Å²) in [5, 5.41) is 11.9. The molecule has 0 heterocycles. The van der Waals surface area contributed by atoms with Gasteiger partial charge in [-0.25, -0.2) is 0 Å². The van der Waals surface area contributed by atoms with E-state index in [2.05, 4.69) is 11.8 Å². The molecule has 0 aliphatic heterocycles. The molecule has 0 unspecified atom stereocenters. The highest BCUT2D eigenvalue weighted by atomic mass is 16.5. The topological polar surface area (TPSA) is 38.7 Å². The maximum atomic E-state index is 11.9. The Hall–Kier alpha value is -4.26. The molecule has 0 spiro atoms. The zero-order valence-electron chi connectivity index (χ0n) is 18.3. The predicted molar refractivity (Wildman–Crippen MR) is 131 cm³/mol. The molecule has 0 aliphatic carbocycles. The molecule has 0 saturated carbocycles. The fourth-order valence-electron chi connectivity index (χ4n) is 3.42. The van der Waals surface area contributed by atoms with Crippen LogP contribution in [0.25, 0.3) is 0 Å². The highest BCUT2D eigenvalue weighted by Crippen LogP contribution is 2.32. The molecule has 3 nitrogen and oxygen atoms in total. The van der Waals surface area contributed by atoms with Crippen LogP contribution in [0.5, 0.6) is 11.5 Å². The van der Waals surface area contributed by atoms with Crippen molar-refractivity contribution < 1.29 is 14.6 Å². The molecule has 4 aromatic carbocycles. The van der Waals surface area contributed by atoms with Crippen LogP contribution in [0.1, 0.15) is 16.7 Å². The Kier molecular flexibility index (Phi) is 6.90. The van der Waals surface area contributed by atoms with Gasteiger partial charge >= 0.3 is 0 Å². The summed E-state index contributed by atoms with van der Waals surface area (Å²) in [7, 11) is 1.63. The lowest BCUT2D eigenvalue weighted by Crippen LogP contribution is -2.25. The van der Waals surface area contributed by atoms with Gasteiger partial charge in [-0.05, 0) is 53.4 Å². The van der Waals surface area contributed by atoms with Gasteiger partial charge in [0, 0.05) is 11.6 Å². The van der Waals surface area contributed by atoms with Crippen molar-refractivity contribution in [2.75, 3.05) is 7.11 Å². The summed E-state index contributed by atoms with van der Waals surface area (Å²) >= 11 is 0. The smallest absolute Gasteiger partial charge is 0.177 e. The van der Waals surface area contributed by atoms with Gasteiger partial charge in [-0.2, -0.15) is 0 Å². The van der Waals surface area contributed by atoms with Crippen molar-refractivity contribution in [3.63, 3.8) is 0 Å². The maximum absolute atomic E-state index is 11.9. The Labute approximate surface area is 194 Å². The van der Waals surface area contributed by atoms with Gasteiger partial charge in [0.15, 0.2) is 5.76 Å². The van der Waals surface area contributed by atoms with Crippen LogP contribution in [0.15, 0.2) is 127 Å². The van der Waals surface area contributed by atoms with E-state index in [1.807, 2.05) is 115 Å². The molecule has 0 saturated heterocycles. The van der Waals surface area contributed by atoms with Crippen molar-refractivity contribution in [2.24, 2.45) is 0 Å². The number of rotatable bonds is 6. The molecule has 162 valence electrons. The molecule has 0 amide bonds. The fourth-order valence-corrected chi connectivity index (χ4v) is 3.42. The van der Waals surface area contributed by atoms with E-state index in [4.69, 9.17) is 9.47 Å². The molecule has 1 N–H and O–H groups in total. The molecule has 33 heavy (non-hydrogen) atoms. The van der Waals surface area contributed by atoms with Gasteiger partial charge in [-0.3, -0.25) is 0 Å². The van der Waals surface area contributed by atoms with Crippen LogP contribution in [0, 0.1) is 11.8 Å². The van der Waals surface area contributed by atoms with Crippen molar-refractivity contribution in [1.29, 1.82) is 0 Å². The normalized spacial score (nSPS) is 11.3. The summed E-state index contributed by atoms with van der Waals surface area (Å²) in [6.07, 6.45) is 1.67. The zero-order chi connectivity index (χ0) is 22.9. The van der Waals surface area contributed by atoms with E-state index in [0.29, 0.717) is 11.5 Å². The van der Waals surface area contributed by atoms with Crippen molar-refractivity contribution in [2.45, 2.75) is 5.60 Å². The summed E-state index contributed by atoms with van der Waals surface area (Å²) in [5.74, 6) is 7.98. The molecule has 0 fully saturated rings. The first-order chi connectivity index (χ1) is 16.2. The summed E-state index contributed by atoms with van der Waals surface area (Å²) in [6.45, 7) is 0. The third kappa shape index (κ3) is 5.51. The Balaban J connectivity index is 1.81. The van der Waals surface area contributed by atoms with Crippen LogP contribution in [0.2, 0.25) is 0 Å². The Morgan fingerprint density at radius 1 is 0.697 bits per heavy atom. The third-order valence-corrected chi connectivity index (χ3v) is 5.16. The molecule has 3 heteroatoms. The number of aliphatic hydroxyl groups is 1. The van der Waals surface area contributed by atoms with Crippen LogP contribution in [0.3, 0.4) is 0 Å². The fraction of sp³-hybridized carbons (Fsp3) is 0.0667. The second kappa shape index (κ2) is 10.4. The van der Waals surface area contributed by atoms with Crippen molar-refractivity contribution in [1.82, 2.24) is 0 Å². The SMILES string of the molecule is COc1ccc(C#C/C(=C/C(O)(c2ccccc2)c2ccccc2)Oc2ccccc2)cc1. The van der Waals surface area contributed by atoms with Crippen LogP contribution < -0.4 is 9.47 Å². The highest BCUT2D eigenvalue weighted by Gasteiger charge is 2.30. The van der Waals surface area contributed by atoms with Gasteiger partial charge in [0.25, 0.3) is 0 Å². The van der Waals surface area contributed by atoms with E-state index in [-0.39, 0.29) is 0 Å². The summed E-state index contributed by atoms with van der Waals surface area (Å²) in [5.41, 5.74) is 0.816. The molecular formula is C30H24O3. The third-order valence-electron chi connectivity index (χ3n) is 5.16. The van der Waals surface area contributed by atoms with Crippen LogP contribution in [-0.4, -0.2) is 12.2 Å². The molecule has 0 radical (unpaired) electrons. The van der Waals surface area contributed by atoms with Crippen LogP contribution in [0.4, 0.5) is 0 Å². The van der Waals surface area contributed by atoms with E-state index in [1.54, 1.807) is 13.2 Å². The number of allylic oxidation sites excluding steroid dienone is 1. The Bertz CT molecular complexity index is 1210. The van der Waals surface area contributed by atoms with Crippen molar-refractivity contribution >= 4 is 0 Å². The van der Waals surface area contributed by atoms with Gasteiger partial charge in [0.2, 0.25) is 0 Å². The predicted octanol–water partition coefficient (Wildman–Crippen LogP) is 5.95. The lowest BCUT2D eigenvalue weighted by Gasteiger charge is -2.26. The first-order valence-corrected chi connectivity index (χ1v) is 10.6. The Morgan fingerprint density at radius 3 is 1.73 bits per heavy atom. The summed E-state index contributed by atoms with van der Waals surface area (Å²) in [4.78, 5) is 0. The van der Waals surface area contributed by atoms with Gasteiger partial charge in [-0.1, -0.05) is 84.8 Å². The monoisotopic (exact) mass is 432 g/mol. The second-order valence-corrected chi connectivity index (χ2v) is 7.40. The number of hydrogen-bond acceptors (Lipinski definition) is 3. The molecule has 4 aromatic rings. The number of ether oxygens (including phenoxy) is 2. The van der Waals surface area contributed by atoms with E-state index in [1.165, 1.54) is 0 Å². The van der Waals surface area contributed by atoms with E-state index < -0.39 is 5.60 Å². The average Bonchev–Trinajstić information content (AvgIpc) is 2.89. The molecule has 0 bridgehead atoms. The molecule has 0 aromatic heterocycles. The first kappa shape index (κ1) is 22.0. The Morgan fingerprint density at radius 2 is 1.21 bits per heavy atom. The number of methoxy groups -OCH3 is 1. The zero-order valence-corrected chi connectivity index (χ0v) is 18.3. The van der Waals surface area contributed by atoms with Crippen LogP contribution >= 0.6 is 0 Å².